The quantitative estimate of drug-likeness (QED) is 0.785. The Bertz CT molecular complexity index is 917. The molecule has 0 saturated carbocycles. The molecule has 3 heterocycles. The van der Waals surface area contributed by atoms with E-state index in [0.717, 1.165) is 28.2 Å². The average Bonchev–Trinajstić information content (AvgIpc) is 3.02. The Kier molecular flexibility index (Phi) is 3.48. The van der Waals surface area contributed by atoms with Crippen molar-refractivity contribution in [2.75, 3.05) is 6.54 Å². The van der Waals surface area contributed by atoms with Gasteiger partial charge in [-0.25, -0.2) is 13.8 Å². The maximum Gasteiger partial charge on any atom is 0.227 e. The zero-order valence-corrected chi connectivity index (χ0v) is 12.7. The highest BCUT2D eigenvalue weighted by Gasteiger charge is 2.23. The van der Waals surface area contributed by atoms with Gasteiger partial charge in [-0.05, 0) is 35.2 Å². The molecule has 0 aliphatic carbocycles. The first kappa shape index (κ1) is 14.7. The molecule has 3 aromatic rings. The lowest BCUT2D eigenvalue weighted by atomic mass is 9.98. The summed E-state index contributed by atoms with van der Waals surface area (Å²) in [4.78, 5) is 18.4. The Morgan fingerprint density at radius 3 is 2.79 bits per heavy atom. The van der Waals surface area contributed by atoms with E-state index < -0.39 is 11.6 Å². The van der Waals surface area contributed by atoms with Gasteiger partial charge in [0, 0.05) is 30.7 Å². The van der Waals surface area contributed by atoms with E-state index in [-0.39, 0.29) is 12.3 Å². The SMILES string of the molecule is O=C(Cc1cc(F)cc(F)c1)N1CCc2c(cnc3[nH]ncc23)C1. The van der Waals surface area contributed by atoms with Crippen molar-refractivity contribution in [3.05, 3.63) is 58.9 Å². The van der Waals surface area contributed by atoms with Crippen LogP contribution in [0.5, 0.6) is 0 Å². The second-order valence-electron chi connectivity index (χ2n) is 5.91. The van der Waals surface area contributed by atoms with Gasteiger partial charge in [0.05, 0.1) is 12.6 Å². The van der Waals surface area contributed by atoms with Crippen LogP contribution >= 0.6 is 0 Å². The molecule has 1 aliphatic heterocycles. The van der Waals surface area contributed by atoms with Crippen molar-refractivity contribution in [2.45, 2.75) is 19.4 Å². The molecular weight excluding hydrogens is 314 g/mol. The number of rotatable bonds is 2. The molecule has 0 atom stereocenters. The van der Waals surface area contributed by atoms with Crippen LogP contribution in [0.25, 0.3) is 11.0 Å². The van der Waals surface area contributed by atoms with E-state index >= 15 is 0 Å². The monoisotopic (exact) mass is 328 g/mol. The summed E-state index contributed by atoms with van der Waals surface area (Å²) in [5, 5.41) is 7.81. The van der Waals surface area contributed by atoms with Crippen LogP contribution < -0.4 is 0 Å². The smallest absolute Gasteiger partial charge is 0.227 e. The summed E-state index contributed by atoms with van der Waals surface area (Å²) in [5.74, 6) is -1.50. The second-order valence-corrected chi connectivity index (χ2v) is 5.91. The Morgan fingerprint density at radius 2 is 2.00 bits per heavy atom. The lowest BCUT2D eigenvalue weighted by Gasteiger charge is -2.29. The van der Waals surface area contributed by atoms with Crippen molar-refractivity contribution in [3.8, 4) is 0 Å². The van der Waals surface area contributed by atoms with Crippen LogP contribution in [0.1, 0.15) is 16.7 Å². The van der Waals surface area contributed by atoms with Gasteiger partial charge in [-0.2, -0.15) is 5.10 Å². The summed E-state index contributed by atoms with van der Waals surface area (Å²) in [6, 6.07) is 3.18. The molecule has 0 fully saturated rings. The molecule has 122 valence electrons. The number of carbonyl (C=O) groups excluding carboxylic acids is 1. The summed E-state index contributed by atoms with van der Waals surface area (Å²) < 4.78 is 26.5. The zero-order chi connectivity index (χ0) is 16.7. The number of hydrogen-bond acceptors (Lipinski definition) is 3. The molecule has 0 bridgehead atoms. The summed E-state index contributed by atoms with van der Waals surface area (Å²) in [6.07, 6.45) is 4.17. The van der Waals surface area contributed by atoms with Crippen LogP contribution in [0.4, 0.5) is 8.78 Å². The van der Waals surface area contributed by atoms with E-state index in [1.807, 2.05) is 0 Å². The first-order valence-electron chi connectivity index (χ1n) is 7.63. The summed E-state index contributed by atoms with van der Waals surface area (Å²) in [7, 11) is 0. The molecule has 0 saturated heterocycles. The Balaban J connectivity index is 1.54. The number of pyridine rings is 1. The van der Waals surface area contributed by atoms with Gasteiger partial charge < -0.3 is 4.90 Å². The Morgan fingerprint density at radius 1 is 1.21 bits per heavy atom. The largest absolute Gasteiger partial charge is 0.338 e. The highest BCUT2D eigenvalue weighted by atomic mass is 19.1. The Labute approximate surface area is 136 Å². The number of aromatic amines is 1. The van der Waals surface area contributed by atoms with E-state index in [0.29, 0.717) is 25.1 Å². The van der Waals surface area contributed by atoms with E-state index in [1.54, 1.807) is 17.3 Å². The predicted octanol–water partition coefficient (Wildman–Crippen LogP) is 2.36. The van der Waals surface area contributed by atoms with Gasteiger partial charge in [-0.1, -0.05) is 0 Å². The average molecular weight is 328 g/mol. The topological polar surface area (TPSA) is 61.9 Å². The highest BCUT2D eigenvalue weighted by molar-refractivity contribution is 5.82. The first-order valence-corrected chi connectivity index (χ1v) is 7.63. The molecule has 5 nitrogen and oxygen atoms in total. The summed E-state index contributed by atoms with van der Waals surface area (Å²) in [5.41, 5.74) is 3.21. The van der Waals surface area contributed by atoms with Gasteiger partial charge in [0.15, 0.2) is 5.65 Å². The number of benzene rings is 1. The van der Waals surface area contributed by atoms with Crippen LogP contribution in [0.2, 0.25) is 0 Å². The molecule has 2 aromatic heterocycles. The number of H-pyrrole nitrogens is 1. The maximum absolute atomic E-state index is 13.3. The van der Waals surface area contributed by atoms with Crippen LogP contribution in [-0.4, -0.2) is 32.5 Å². The van der Waals surface area contributed by atoms with Gasteiger partial charge in [0.25, 0.3) is 0 Å². The molecule has 7 heteroatoms. The van der Waals surface area contributed by atoms with Crippen molar-refractivity contribution in [2.24, 2.45) is 0 Å². The van der Waals surface area contributed by atoms with Crippen molar-refractivity contribution in [1.29, 1.82) is 0 Å². The van der Waals surface area contributed by atoms with Crippen molar-refractivity contribution in [1.82, 2.24) is 20.1 Å². The fraction of sp³-hybridized carbons (Fsp3) is 0.235. The van der Waals surface area contributed by atoms with Crippen LogP contribution in [0.15, 0.2) is 30.6 Å². The number of aromatic nitrogens is 3. The number of amides is 1. The van der Waals surface area contributed by atoms with Crippen LogP contribution in [0.3, 0.4) is 0 Å². The van der Waals surface area contributed by atoms with Gasteiger partial charge in [-0.15, -0.1) is 0 Å². The molecular formula is C17H14F2N4O. The molecule has 1 N–H and O–H groups in total. The van der Waals surface area contributed by atoms with Crippen LogP contribution in [-0.2, 0) is 24.2 Å². The lowest BCUT2D eigenvalue weighted by molar-refractivity contribution is -0.131. The fourth-order valence-electron chi connectivity index (χ4n) is 3.17. The molecule has 0 spiro atoms. The summed E-state index contributed by atoms with van der Waals surface area (Å²) >= 11 is 0. The number of nitrogens with one attached hydrogen (secondary N) is 1. The highest BCUT2D eigenvalue weighted by Crippen LogP contribution is 2.25. The minimum Gasteiger partial charge on any atom is -0.338 e. The lowest BCUT2D eigenvalue weighted by Crippen LogP contribution is -2.37. The van der Waals surface area contributed by atoms with Crippen molar-refractivity contribution >= 4 is 16.9 Å². The van der Waals surface area contributed by atoms with Crippen molar-refractivity contribution < 1.29 is 13.6 Å². The number of halogens is 2. The predicted molar refractivity (Wildman–Crippen MR) is 83.1 cm³/mol. The van der Waals surface area contributed by atoms with E-state index in [4.69, 9.17) is 0 Å². The number of fused-ring (bicyclic) bond motifs is 3. The fourth-order valence-corrected chi connectivity index (χ4v) is 3.17. The third-order valence-corrected chi connectivity index (χ3v) is 4.30. The zero-order valence-electron chi connectivity index (χ0n) is 12.7. The number of carbonyl (C=O) groups is 1. The van der Waals surface area contributed by atoms with Gasteiger partial charge in [0.1, 0.15) is 11.6 Å². The van der Waals surface area contributed by atoms with E-state index in [1.165, 1.54) is 12.1 Å². The van der Waals surface area contributed by atoms with Gasteiger partial charge in [0.2, 0.25) is 5.91 Å². The van der Waals surface area contributed by atoms with Crippen LogP contribution in [0, 0.1) is 11.6 Å². The third-order valence-electron chi connectivity index (χ3n) is 4.30. The molecule has 1 amide bonds. The molecule has 4 rings (SSSR count). The molecule has 1 aromatic carbocycles. The van der Waals surface area contributed by atoms with Crippen molar-refractivity contribution in [3.63, 3.8) is 0 Å². The molecule has 24 heavy (non-hydrogen) atoms. The maximum atomic E-state index is 13.3. The van der Waals surface area contributed by atoms with Gasteiger partial charge >= 0.3 is 0 Å². The summed E-state index contributed by atoms with van der Waals surface area (Å²) in [6.45, 7) is 1.01. The number of hydrogen-bond donors (Lipinski definition) is 1. The first-order chi connectivity index (χ1) is 11.6. The second kappa shape index (κ2) is 5.67. The minimum atomic E-state index is -0.673. The normalized spacial score (nSPS) is 14.0. The Hall–Kier alpha value is -2.83. The van der Waals surface area contributed by atoms with Gasteiger partial charge in [-0.3, -0.25) is 9.89 Å². The third kappa shape index (κ3) is 2.62. The van der Waals surface area contributed by atoms with E-state index in [9.17, 15) is 13.6 Å². The number of nitrogens with zero attached hydrogens (tertiary/aromatic N) is 3. The molecule has 0 unspecified atom stereocenters. The standard InChI is InChI=1S/C17H14F2N4O/c18-12-3-10(4-13(19)6-12)5-16(24)23-2-1-14-11(9-23)7-20-17-15(14)8-21-22-17/h3-4,6-8H,1-2,5,9H2,(H,20,21,22). The molecule has 1 aliphatic rings. The minimum absolute atomic E-state index is 0.0224. The van der Waals surface area contributed by atoms with E-state index in [2.05, 4.69) is 15.2 Å². The molecule has 0 radical (unpaired) electrons.